The third kappa shape index (κ3) is 2.34. The highest BCUT2D eigenvalue weighted by Gasteiger charge is 2.34. The number of nitrogens with zero attached hydrogens (tertiary/aromatic N) is 4. The monoisotopic (exact) mass is 330 g/mol. The first-order valence-corrected chi connectivity index (χ1v) is 8.39. The van der Waals surface area contributed by atoms with E-state index in [1.54, 1.807) is 0 Å². The molecular weight excluding hydrogens is 308 g/mol. The summed E-state index contributed by atoms with van der Waals surface area (Å²) in [6.45, 7) is 10.7. The zero-order valence-electron chi connectivity index (χ0n) is 15.6. The van der Waals surface area contributed by atoms with Gasteiger partial charge >= 0.3 is 0 Å². The molecule has 4 heteroatoms. The third-order valence-corrected chi connectivity index (χ3v) is 5.49. The molecule has 0 aliphatic carbocycles. The molecule has 0 saturated carbocycles. The summed E-state index contributed by atoms with van der Waals surface area (Å²) in [5.74, 6) is 0. The normalized spacial score (nSPS) is 15.8. The highest BCUT2D eigenvalue weighted by molar-refractivity contribution is 5.88. The highest BCUT2D eigenvalue weighted by atomic mass is 15.4. The molecule has 1 aliphatic heterocycles. The van der Waals surface area contributed by atoms with Crippen LogP contribution in [0.2, 0.25) is 0 Å². The summed E-state index contributed by atoms with van der Waals surface area (Å²) in [5.41, 5.74) is 9.07. The first kappa shape index (κ1) is 16.9. The van der Waals surface area contributed by atoms with Gasteiger partial charge in [-0.15, -0.1) is 0 Å². The van der Waals surface area contributed by atoms with E-state index in [1.165, 1.54) is 27.9 Å². The van der Waals surface area contributed by atoms with Crippen molar-refractivity contribution >= 4 is 17.1 Å². The molecule has 2 aromatic rings. The molecule has 126 valence electrons. The van der Waals surface area contributed by atoms with Crippen molar-refractivity contribution in [2.24, 2.45) is 0 Å². The molecule has 0 bridgehead atoms. The number of benzene rings is 2. The smallest absolute Gasteiger partial charge is 0.103 e. The summed E-state index contributed by atoms with van der Waals surface area (Å²) in [4.78, 5) is 4.44. The van der Waals surface area contributed by atoms with E-state index in [4.69, 9.17) is 0 Å². The van der Waals surface area contributed by atoms with Crippen molar-refractivity contribution in [2.45, 2.75) is 40.8 Å². The van der Waals surface area contributed by atoms with Crippen molar-refractivity contribution in [2.75, 3.05) is 16.8 Å². The van der Waals surface area contributed by atoms with Crippen LogP contribution in [0, 0.1) is 50.4 Å². The Morgan fingerprint density at radius 2 is 1.40 bits per heavy atom. The first-order chi connectivity index (χ1) is 11.8. The fraction of sp³-hybridized carbons (Fsp3) is 0.333. The summed E-state index contributed by atoms with van der Waals surface area (Å²) in [6.07, 6.45) is 0.106. The summed E-state index contributed by atoms with van der Waals surface area (Å²) < 4.78 is 0. The van der Waals surface area contributed by atoms with E-state index in [1.807, 2.05) is 19.2 Å². The van der Waals surface area contributed by atoms with Gasteiger partial charge in [-0.3, -0.25) is 0 Å². The van der Waals surface area contributed by atoms with E-state index in [2.05, 4.69) is 62.6 Å². The van der Waals surface area contributed by atoms with Gasteiger partial charge < -0.3 is 9.80 Å². The van der Waals surface area contributed by atoms with Crippen molar-refractivity contribution in [3.8, 4) is 12.1 Å². The average molecular weight is 330 g/mol. The van der Waals surface area contributed by atoms with Gasteiger partial charge in [-0.25, -0.2) is 0 Å². The second kappa shape index (κ2) is 5.83. The minimum Gasteiger partial charge on any atom is -0.352 e. The lowest BCUT2D eigenvalue weighted by atomic mass is 9.97. The van der Waals surface area contributed by atoms with Crippen molar-refractivity contribution in [3.63, 3.8) is 0 Å². The Kier molecular flexibility index (Phi) is 3.93. The molecule has 0 N–H and O–H groups in total. The van der Waals surface area contributed by atoms with E-state index in [0.717, 1.165) is 11.4 Å². The average Bonchev–Trinajstić information content (AvgIpc) is 2.83. The van der Waals surface area contributed by atoms with Crippen LogP contribution in [0.15, 0.2) is 18.2 Å². The maximum absolute atomic E-state index is 9.43. The second-order valence-corrected chi connectivity index (χ2v) is 6.83. The molecule has 1 aliphatic rings. The molecule has 1 heterocycles. The SMILES string of the molecule is Cc1cc(C)c(N2c3cc(C#N)c(C#N)cc3N(C)[C@@H]2C)c(C)c1C. The topological polar surface area (TPSA) is 54.1 Å². The van der Waals surface area contributed by atoms with Gasteiger partial charge in [0.25, 0.3) is 0 Å². The third-order valence-electron chi connectivity index (χ3n) is 5.49. The van der Waals surface area contributed by atoms with Crippen LogP contribution < -0.4 is 9.80 Å². The molecule has 25 heavy (non-hydrogen) atoms. The summed E-state index contributed by atoms with van der Waals surface area (Å²) in [7, 11) is 2.03. The van der Waals surface area contributed by atoms with Gasteiger partial charge in [-0.1, -0.05) is 6.07 Å². The van der Waals surface area contributed by atoms with Crippen molar-refractivity contribution in [1.29, 1.82) is 10.5 Å². The first-order valence-electron chi connectivity index (χ1n) is 8.39. The molecule has 0 unspecified atom stereocenters. The quantitative estimate of drug-likeness (QED) is 0.767. The number of rotatable bonds is 1. The van der Waals surface area contributed by atoms with E-state index in [0.29, 0.717) is 11.1 Å². The van der Waals surface area contributed by atoms with Crippen molar-refractivity contribution in [3.05, 3.63) is 51.6 Å². The maximum Gasteiger partial charge on any atom is 0.103 e. The predicted octanol–water partition coefficient (Wildman–Crippen LogP) is 4.60. The predicted molar refractivity (Wildman–Crippen MR) is 101 cm³/mol. The number of aryl methyl sites for hydroxylation is 2. The molecular formula is C21H22N4. The van der Waals surface area contributed by atoms with Gasteiger partial charge in [0.2, 0.25) is 0 Å². The van der Waals surface area contributed by atoms with Gasteiger partial charge in [0.05, 0.1) is 22.5 Å². The lowest BCUT2D eigenvalue weighted by Crippen LogP contribution is -2.36. The van der Waals surface area contributed by atoms with Gasteiger partial charge in [0, 0.05) is 12.7 Å². The van der Waals surface area contributed by atoms with Gasteiger partial charge in [0.1, 0.15) is 18.3 Å². The van der Waals surface area contributed by atoms with Crippen LogP contribution in [0.4, 0.5) is 17.1 Å². The standard InChI is InChI=1S/C21H22N4/c1-12-7-13(2)21(15(4)14(12)3)25-16(5)24(6)19-8-17(10-22)18(11-23)9-20(19)25/h7-9,16H,1-6H3/t16-/m0/s1. The molecule has 0 fully saturated rings. The largest absolute Gasteiger partial charge is 0.352 e. The summed E-state index contributed by atoms with van der Waals surface area (Å²) in [6, 6.07) is 10.2. The molecule has 0 aromatic heterocycles. The van der Waals surface area contributed by atoms with E-state index >= 15 is 0 Å². The zero-order chi connectivity index (χ0) is 18.5. The molecule has 0 saturated heterocycles. The van der Waals surface area contributed by atoms with Crippen molar-refractivity contribution in [1.82, 2.24) is 0 Å². The van der Waals surface area contributed by atoms with Crippen LogP contribution in [0.3, 0.4) is 0 Å². The lowest BCUT2D eigenvalue weighted by Gasteiger charge is -2.31. The molecule has 3 rings (SSSR count). The van der Waals surface area contributed by atoms with E-state index in [9.17, 15) is 10.5 Å². The molecule has 0 radical (unpaired) electrons. The summed E-state index contributed by atoms with van der Waals surface area (Å²) in [5, 5.41) is 18.8. The number of hydrogen-bond acceptors (Lipinski definition) is 4. The molecule has 2 aromatic carbocycles. The van der Waals surface area contributed by atoms with E-state index in [-0.39, 0.29) is 6.17 Å². The lowest BCUT2D eigenvalue weighted by molar-refractivity contribution is 0.730. The number of nitriles is 2. The Labute approximate surface area is 149 Å². The van der Waals surface area contributed by atoms with Crippen LogP contribution in [-0.4, -0.2) is 13.2 Å². The molecule has 0 spiro atoms. The molecule has 1 atom stereocenters. The maximum atomic E-state index is 9.43. The zero-order valence-corrected chi connectivity index (χ0v) is 15.6. The van der Waals surface area contributed by atoms with Gasteiger partial charge in [-0.2, -0.15) is 10.5 Å². The fourth-order valence-corrected chi connectivity index (χ4v) is 3.76. The Hall–Kier alpha value is -2.98. The van der Waals surface area contributed by atoms with Crippen molar-refractivity contribution < 1.29 is 0 Å². The number of hydrogen-bond donors (Lipinski definition) is 0. The molecule has 4 nitrogen and oxygen atoms in total. The second-order valence-electron chi connectivity index (χ2n) is 6.83. The van der Waals surface area contributed by atoms with Crippen LogP contribution in [0.25, 0.3) is 0 Å². The Balaban J connectivity index is 2.31. The Morgan fingerprint density at radius 3 is 1.96 bits per heavy atom. The highest BCUT2D eigenvalue weighted by Crippen LogP contribution is 2.47. The molecule has 0 amide bonds. The summed E-state index contributed by atoms with van der Waals surface area (Å²) >= 11 is 0. The minimum atomic E-state index is 0.106. The fourth-order valence-electron chi connectivity index (χ4n) is 3.76. The van der Waals surface area contributed by atoms with Crippen LogP contribution >= 0.6 is 0 Å². The van der Waals surface area contributed by atoms with Crippen LogP contribution in [0.1, 0.15) is 40.3 Å². The number of anilines is 3. The van der Waals surface area contributed by atoms with E-state index < -0.39 is 0 Å². The Bertz CT molecular complexity index is 960. The van der Waals surface area contributed by atoms with Crippen LogP contribution in [0.5, 0.6) is 0 Å². The Morgan fingerprint density at radius 1 is 0.840 bits per heavy atom. The number of fused-ring (bicyclic) bond motifs is 1. The van der Waals surface area contributed by atoms with Crippen LogP contribution in [-0.2, 0) is 0 Å². The van der Waals surface area contributed by atoms with Gasteiger partial charge in [-0.05, 0) is 69.0 Å². The van der Waals surface area contributed by atoms with Gasteiger partial charge in [0.15, 0.2) is 0 Å². The minimum absolute atomic E-state index is 0.106.